The second-order valence-corrected chi connectivity index (χ2v) is 5.14. The Morgan fingerprint density at radius 1 is 1.19 bits per heavy atom. The second kappa shape index (κ2) is 5.42. The van der Waals surface area contributed by atoms with Crippen molar-refractivity contribution in [2.45, 2.75) is 13.3 Å². The number of aryl methyl sites for hydroxylation is 1. The number of fused-ring (bicyclic) bond motifs is 1. The first kappa shape index (κ1) is 13.4. The fourth-order valence-electron chi connectivity index (χ4n) is 2.50. The van der Waals surface area contributed by atoms with Crippen molar-refractivity contribution < 1.29 is 10.0 Å². The zero-order valence-corrected chi connectivity index (χ0v) is 11.7. The van der Waals surface area contributed by atoms with E-state index in [1.54, 1.807) is 17.6 Å². The maximum absolute atomic E-state index is 11.4. The number of benzene rings is 2. The maximum atomic E-state index is 11.4. The predicted molar refractivity (Wildman–Crippen MR) is 81.5 cm³/mol. The molecule has 0 unspecified atom stereocenters. The van der Waals surface area contributed by atoms with E-state index >= 15 is 0 Å². The van der Waals surface area contributed by atoms with Crippen molar-refractivity contribution in [1.29, 1.82) is 0 Å². The van der Waals surface area contributed by atoms with Gasteiger partial charge in [-0.2, -0.15) is 0 Å². The van der Waals surface area contributed by atoms with Gasteiger partial charge in [-0.1, -0.05) is 30.3 Å². The van der Waals surface area contributed by atoms with Crippen molar-refractivity contribution >= 4 is 16.8 Å². The minimum absolute atomic E-state index is 0.425. The quantitative estimate of drug-likeness (QED) is 0.509. The molecule has 0 bridgehead atoms. The molecule has 21 heavy (non-hydrogen) atoms. The van der Waals surface area contributed by atoms with Crippen LogP contribution in [0.15, 0.2) is 48.5 Å². The fourth-order valence-corrected chi connectivity index (χ4v) is 2.50. The molecule has 0 aliphatic heterocycles. The van der Waals surface area contributed by atoms with Crippen molar-refractivity contribution in [2.24, 2.45) is 0 Å². The summed E-state index contributed by atoms with van der Waals surface area (Å²) in [4.78, 5) is 14.8. The van der Waals surface area contributed by atoms with Crippen molar-refractivity contribution in [1.82, 2.24) is 10.5 Å². The second-order valence-electron chi connectivity index (χ2n) is 5.14. The van der Waals surface area contributed by atoms with Gasteiger partial charge in [-0.15, -0.1) is 0 Å². The molecule has 0 fully saturated rings. The van der Waals surface area contributed by atoms with Gasteiger partial charge in [-0.05, 0) is 41.6 Å². The number of carbonyl (C=O) groups excluding carboxylic acids is 1. The summed E-state index contributed by atoms with van der Waals surface area (Å²) in [5.74, 6) is -0.507. The van der Waals surface area contributed by atoms with E-state index in [1.807, 2.05) is 18.2 Å². The van der Waals surface area contributed by atoms with Crippen LogP contribution in [0.2, 0.25) is 0 Å². The van der Waals surface area contributed by atoms with Crippen LogP contribution in [0.25, 0.3) is 10.9 Å². The molecule has 0 atom stereocenters. The lowest BCUT2D eigenvalue weighted by molar-refractivity contribution is 0.0706. The monoisotopic (exact) mass is 280 g/mol. The van der Waals surface area contributed by atoms with E-state index in [9.17, 15) is 4.79 Å². The first-order valence-electron chi connectivity index (χ1n) is 6.78. The molecule has 0 saturated carbocycles. The third-order valence-corrected chi connectivity index (χ3v) is 3.68. The minimum atomic E-state index is -0.507. The Hall–Kier alpha value is -2.59. The first-order chi connectivity index (χ1) is 10.2. The Morgan fingerprint density at radius 2 is 2.00 bits per heavy atom. The van der Waals surface area contributed by atoms with Crippen LogP contribution in [-0.2, 0) is 6.42 Å². The molecule has 0 radical (unpaired) electrons. The lowest BCUT2D eigenvalue weighted by atomic mass is 10.0. The van der Waals surface area contributed by atoms with Crippen LogP contribution in [0.3, 0.4) is 0 Å². The van der Waals surface area contributed by atoms with E-state index in [2.05, 4.69) is 30.1 Å². The van der Waals surface area contributed by atoms with Crippen molar-refractivity contribution in [3.05, 3.63) is 70.9 Å². The molecule has 3 rings (SSSR count). The number of hydrogen-bond donors (Lipinski definition) is 3. The van der Waals surface area contributed by atoms with E-state index in [0.29, 0.717) is 5.56 Å². The molecule has 3 aromatic rings. The topological polar surface area (TPSA) is 65.1 Å². The highest BCUT2D eigenvalue weighted by Gasteiger charge is 2.08. The summed E-state index contributed by atoms with van der Waals surface area (Å²) in [6.45, 7) is 2.10. The first-order valence-corrected chi connectivity index (χ1v) is 6.78. The third kappa shape index (κ3) is 2.66. The Labute approximate surface area is 122 Å². The van der Waals surface area contributed by atoms with Crippen LogP contribution < -0.4 is 5.48 Å². The van der Waals surface area contributed by atoms with E-state index in [0.717, 1.165) is 23.0 Å². The van der Waals surface area contributed by atoms with E-state index in [1.165, 1.54) is 11.1 Å². The van der Waals surface area contributed by atoms with E-state index in [-0.39, 0.29) is 0 Å². The highest BCUT2D eigenvalue weighted by Crippen LogP contribution is 2.20. The summed E-state index contributed by atoms with van der Waals surface area (Å²) in [5, 5.41) is 9.73. The Balaban J connectivity index is 1.94. The Kier molecular flexibility index (Phi) is 3.46. The highest BCUT2D eigenvalue weighted by atomic mass is 16.5. The summed E-state index contributed by atoms with van der Waals surface area (Å²) in [5.41, 5.74) is 6.60. The van der Waals surface area contributed by atoms with Crippen LogP contribution in [0.1, 0.15) is 27.2 Å². The zero-order valence-electron chi connectivity index (χ0n) is 11.7. The van der Waals surface area contributed by atoms with Crippen LogP contribution >= 0.6 is 0 Å². The van der Waals surface area contributed by atoms with E-state index in [4.69, 9.17) is 5.21 Å². The molecule has 0 aliphatic rings. The number of hydrogen-bond acceptors (Lipinski definition) is 2. The Morgan fingerprint density at radius 3 is 2.76 bits per heavy atom. The summed E-state index contributed by atoms with van der Waals surface area (Å²) in [6, 6.07) is 15.7. The maximum Gasteiger partial charge on any atom is 0.274 e. The molecule has 1 amide bonds. The van der Waals surface area contributed by atoms with Gasteiger partial charge in [0.1, 0.15) is 0 Å². The predicted octanol–water partition coefficient (Wildman–Crippen LogP) is 3.19. The standard InChI is InChI=1S/C17H16N2O2/c1-11-4-2-3-5-12(11)8-15-9-13-6-7-14(17(20)19-21)10-16(13)18-15/h2-7,9-10,18,21H,8H2,1H3,(H,19,20). The average molecular weight is 280 g/mol. The molecule has 4 nitrogen and oxygen atoms in total. The molecule has 4 heteroatoms. The van der Waals surface area contributed by atoms with Gasteiger partial charge in [0.2, 0.25) is 0 Å². The van der Waals surface area contributed by atoms with Gasteiger partial charge in [0, 0.05) is 23.2 Å². The van der Waals surface area contributed by atoms with Gasteiger partial charge < -0.3 is 4.98 Å². The third-order valence-electron chi connectivity index (χ3n) is 3.68. The zero-order chi connectivity index (χ0) is 14.8. The molecule has 1 heterocycles. The highest BCUT2D eigenvalue weighted by molar-refractivity contribution is 5.97. The minimum Gasteiger partial charge on any atom is -0.358 e. The number of aromatic nitrogens is 1. The summed E-state index contributed by atoms with van der Waals surface area (Å²) in [7, 11) is 0. The van der Waals surface area contributed by atoms with Gasteiger partial charge in [0.25, 0.3) is 5.91 Å². The molecular formula is C17H16N2O2. The lowest BCUT2D eigenvalue weighted by Crippen LogP contribution is -2.18. The smallest absolute Gasteiger partial charge is 0.274 e. The van der Waals surface area contributed by atoms with Crippen LogP contribution in [0.4, 0.5) is 0 Å². The van der Waals surface area contributed by atoms with Crippen molar-refractivity contribution in [3.8, 4) is 0 Å². The lowest BCUT2D eigenvalue weighted by Gasteiger charge is -2.03. The average Bonchev–Trinajstić information content (AvgIpc) is 2.90. The molecule has 0 spiro atoms. The normalized spacial score (nSPS) is 10.8. The number of rotatable bonds is 3. The van der Waals surface area contributed by atoms with Gasteiger partial charge in [-0.3, -0.25) is 10.0 Å². The summed E-state index contributed by atoms with van der Waals surface area (Å²) in [6.07, 6.45) is 0.822. The fraction of sp³-hybridized carbons (Fsp3) is 0.118. The van der Waals surface area contributed by atoms with Gasteiger partial charge in [0.05, 0.1) is 0 Å². The molecule has 3 N–H and O–H groups in total. The van der Waals surface area contributed by atoms with Gasteiger partial charge in [0.15, 0.2) is 0 Å². The van der Waals surface area contributed by atoms with Crippen molar-refractivity contribution in [2.75, 3.05) is 0 Å². The number of hydroxylamine groups is 1. The number of carbonyl (C=O) groups is 1. The van der Waals surface area contributed by atoms with E-state index < -0.39 is 5.91 Å². The van der Waals surface area contributed by atoms with Crippen molar-refractivity contribution in [3.63, 3.8) is 0 Å². The molecule has 2 aromatic carbocycles. The van der Waals surface area contributed by atoms with Crippen LogP contribution in [0, 0.1) is 6.92 Å². The van der Waals surface area contributed by atoms with Crippen LogP contribution in [0.5, 0.6) is 0 Å². The van der Waals surface area contributed by atoms with Gasteiger partial charge in [-0.25, -0.2) is 5.48 Å². The molecule has 0 aliphatic carbocycles. The summed E-state index contributed by atoms with van der Waals surface area (Å²) < 4.78 is 0. The number of nitrogens with one attached hydrogen (secondary N) is 2. The summed E-state index contributed by atoms with van der Waals surface area (Å²) >= 11 is 0. The number of H-pyrrole nitrogens is 1. The molecule has 106 valence electrons. The number of amides is 1. The molecule has 1 aromatic heterocycles. The molecular weight excluding hydrogens is 264 g/mol. The SMILES string of the molecule is Cc1ccccc1Cc1cc2ccc(C(=O)NO)cc2[nH]1. The molecule has 0 saturated heterocycles. The number of aromatic amines is 1. The van der Waals surface area contributed by atoms with Gasteiger partial charge >= 0.3 is 0 Å². The van der Waals surface area contributed by atoms with Crippen LogP contribution in [-0.4, -0.2) is 16.1 Å². The largest absolute Gasteiger partial charge is 0.358 e. The Bertz CT molecular complexity index is 805.